The Morgan fingerprint density at radius 3 is 2.60 bits per heavy atom. The average Bonchev–Trinajstić information content (AvgIpc) is 3.08. The first-order chi connectivity index (χ1) is 9.58. The lowest BCUT2D eigenvalue weighted by molar-refractivity contribution is 0.604. The van der Waals surface area contributed by atoms with Crippen LogP contribution in [0.15, 0.2) is 10.5 Å². The van der Waals surface area contributed by atoms with Crippen molar-refractivity contribution in [2.24, 2.45) is 0 Å². The summed E-state index contributed by atoms with van der Waals surface area (Å²) < 4.78 is 1.21. The molecule has 0 bridgehead atoms. The van der Waals surface area contributed by atoms with E-state index in [4.69, 9.17) is 4.98 Å². The van der Waals surface area contributed by atoms with Crippen LogP contribution in [-0.2, 0) is 6.42 Å². The average molecular weight is 371 g/mol. The fourth-order valence-corrected chi connectivity index (χ4v) is 5.08. The number of nitrogens with zero attached hydrogens (tertiary/aromatic N) is 1. The van der Waals surface area contributed by atoms with Crippen molar-refractivity contribution >= 4 is 38.6 Å². The van der Waals surface area contributed by atoms with Crippen molar-refractivity contribution in [2.75, 3.05) is 0 Å². The molecule has 1 atom stereocenters. The quantitative estimate of drug-likeness (QED) is 0.801. The van der Waals surface area contributed by atoms with Gasteiger partial charge in [0.1, 0.15) is 5.01 Å². The predicted octanol–water partition coefficient (Wildman–Crippen LogP) is 4.99. The summed E-state index contributed by atoms with van der Waals surface area (Å²) in [6.07, 6.45) is 3.62. The first-order valence-electron chi connectivity index (χ1n) is 7.06. The van der Waals surface area contributed by atoms with Crippen LogP contribution in [0, 0.1) is 13.8 Å². The molecule has 1 aliphatic carbocycles. The van der Waals surface area contributed by atoms with Crippen molar-refractivity contribution in [3.05, 3.63) is 35.9 Å². The van der Waals surface area contributed by atoms with Crippen LogP contribution in [0.2, 0.25) is 0 Å². The van der Waals surface area contributed by atoms with Gasteiger partial charge in [-0.1, -0.05) is 6.92 Å². The van der Waals surface area contributed by atoms with Gasteiger partial charge in [0.2, 0.25) is 0 Å². The van der Waals surface area contributed by atoms with Gasteiger partial charge >= 0.3 is 0 Å². The van der Waals surface area contributed by atoms with E-state index < -0.39 is 0 Å². The normalized spacial score (nSPS) is 16.6. The maximum atomic E-state index is 4.87. The largest absolute Gasteiger partial charge is 0.301 e. The molecule has 5 heteroatoms. The number of aryl methyl sites for hydroxylation is 3. The summed E-state index contributed by atoms with van der Waals surface area (Å²) in [5, 5.41) is 4.99. The van der Waals surface area contributed by atoms with Crippen LogP contribution in [0.25, 0.3) is 0 Å². The smallest absolute Gasteiger partial charge is 0.115 e. The molecule has 0 spiro atoms. The summed E-state index contributed by atoms with van der Waals surface area (Å²) >= 11 is 7.35. The maximum absolute atomic E-state index is 4.87. The fraction of sp³-hybridized carbons (Fsp3) is 0.533. The lowest BCUT2D eigenvalue weighted by Crippen LogP contribution is -2.23. The zero-order chi connectivity index (χ0) is 14.3. The van der Waals surface area contributed by atoms with Crippen molar-refractivity contribution in [1.82, 2.24) is 10.3 Å². The molecule has 0 radical (unpaired) electrons. The lowest BCUT2D eigenvalue weighted by Gasteiger charge is -2.14. The third-order valence-corrected chi connectivity index (χ3v) is 6.91. The van der Waals surface area contributed by atoms with Gasteiger partial charge in [-0.05, 0) is 55.1 Å². The van der Waals surface area contributed by atoms with E-state index in [0.717, 1.165) is 6.42 Å². The second-order valence-electron chi connectivity index (χ2n) is 5.34. The minimum atomic E-state index is 0.265. The van der Waals surface area contributed by atoms with Gasteiger partial charge in [-0.15, -0.1) is 22.7 Å². The Labute approximate surface area is 136 Å². The van der Waals surface area contributed by atoms with Gasteiger partial charge in [0, 0.05) is 25.1 Å². The number of halogens is 1. The number of aromatic nitrogens is 1. The van der Waals surface area contributed by atoms with Crippen molar-refractivity contribution in [3.63, 3.8) is 0 Å². The Morgan fingerprint density at radius 2 is 2.10 bits per heavy atom. The zero-order valence-corrected chi connectivity index (χ0v) is 15.2. The molecule has 0 aliphatic heterocycles. The summed E-state index contributed by atoms with van der Waals surface area (Å²) in [5.41, 5.74) is 1.25. The highest BCUT2D eigenvalue weighted by Gasteiger charge is 2.29. The van der Waals surface area contributed by atoms with Crippen molar-refractivity contribution in [2.45, 2.75) is 52.1 Å². The van der Waals surface area contributed by atoms with E-state index in [1.807, 2.05) is 22.7 Å². The molecule has 2 heterocycles. The van der Waals surface area contributed by atoms with Crippen LogP contribution < -0.4 is 5.32 Å². The van der Waals surface area contributed by atoms with Crippen LogP contribution in [-0.4, -0.2) is 11.0 Å². The predicted molar refractivity (Wildman–Crippen MR) is 91.0 cm³/mol. The van der Waals surface area contributed by atoms with Crippen LogP contribution in [0.1, 0.15) is 51.1 Å². The highest BCUT2D eigenvalue weighted by Crippen LogP contribution is 2.37. The fourth-order valence-electron chi connectivity index (χ4n) is 2.29. The summed E-state index contributed by atoms with van der Waals surface area (Å²) in [6, 6.07) is 3.19. The van der Waals surface area contributed by atoms with Crippen molar-refractivity contribution < 1.29 is 0 Å². The van der Waals surface area contributed by atoms with E-state index in [0.29, 0.717) is 6.04 Å². The number of thiophene rings is 1. The number of rotatable bonds is 5. The Hall–Kier alpha value is -0.230. The van der Waals surface area contributed by atoms with Gasteiger partial charge in [-0.3, -0.25) is 0 Å². The molecule has 2 aromatic heterocycles. The van der Waals surface area contributed by atoms with Gasteiger partial charge in [0.05, 0.1) is 11.7 Å². The number of hydrogen-bond donors (Lipinski definition) is 1. The third kappa shape index (κ3) is 3.01. The standard InChI is InChI=1S/C15H19BrN2S2/c1-4-12-9(3)20-15(18-12)14(17-10-5-6-10)13-7-11(16)8(2)19-13/h7,10,14,17H,4-6H2,1-3H3. The highest BCUT2D eigenvalue weighted by molar-refractivity contribution is 9.10. The molecule has 1 aliphatic rings. The summed E-state index contributed by atoms with van der Waals surface area (Å²) in [5.74, 6) is 0. The second kappa shape index (κ2) is 5.87. The lowest BCUT2D eigenvalue weighted by atomic mass is 10.2. The highest BCUT2D eigenvalue weighted by atomic mass is 79.9. The summed E-state index contributed by atoms with van der Waals surface area (Å²) in [7, 11) is 0. The number of thiazole rings is 1. The summed E-state index contributed by atoms with van der Waals surface area (Å²) in [6.45, 7) is 6.53. The van der Waals surface area contributed by atoms with Gasteiger partial charge in [-0.25, -0.2) is 4.98 Å². The Bertz CT molecular complexity index is 594. The molecular weight excluding hydrogens is 352 g/mol. The first kappa shape index (κ1) is 14.7. The monoisotopic (exact) mass is 370 g/mol. The van der Waals surface area contributed by atoms with Crippen molar-refractivity contribution in [1.29, 1.82) is 0 Å². The van der Waals surface area contributed by atoms with Gasteiger partial charge < -0.3 is 5.32 Å². The molecule has 108 valence electrons. The van der Waals surface area contributed by atoms with E-state index in [2.05, 4.69) is 48.1 Å². The minimum absolute atomic E-state index is 0.265. The molecule has 1 unspecified atom stereocenters. The molecule has 1 fully saturated rings. The van der Waals surface area contributed by atoms with Crippen LogP contribution >= 0.6 is 38.6 Å². The van der Waals surface area contributed by atoms with E-state index in [1.54, 1.807) is 0 Å². The van der Waals surface area contributed by atoms with Gasteiger partial charge in [0.15, 0.2) is 0 Å². The first-order valence-corrected chi connectivity index (χ1v) is 9.49. The molecule has 2 aromatic rings. The van der Waals surface area contributed by atoms with E-state index in [9.17, 15) is 0 Å². The van der Waals surface area contributed by atoms with Crippen LogP contribution in [0.5, 0.6) is 0 Å². The second-order valence-corrected chi connectivity index (χ2v) is 8.71. The van der Waals surface area contributed by atoms with E-state index >= 15 is 0 Å². The Morgan fingerprint density at radius 1 is 1.35 bits per heavy atom. The SMILES string of the molecule is CCc1nc(C(NC2CC2)c2cc(Br)c(C)s2)sc1C. The molecule has 20 heavy (non-hydrogen) atoms. The van der Waals surface area contributed by atoms with E-state index in [-0.39, 0.29) is 6.04 Å². The topological polar surface area (TPSA) is 24.9 Å². The molecule has 1 saturated carbocycles. The molecule has 2 nitrogen and oxygen atoms in total. The number of nitrogens with one attached hydrogen (secondary N) is 1. The van der Waals surface area contributed by atoms with Crippen LogP contribution in [0.3, 0.4) is 0 Å². The van der Waals surface area contributed by atoms with Crippen molar-refractivity contribution in [3.8, 4) is 0 Å². The third-order valence-electron chi connectivity index (χ3n) is 3.63. The van der Waals surface area contributed by atoms with E-state index in [1.165, 1.54) is 42.6 Å². The van der Waals surface area contributed by atoms with Gasteiger partial charge in [-0.2, -0.15) is 0 Å². The summed E-state index contributed by atoms with van der Waals surface area (Å²) in [4.78, 5) is 8.94. The minimum Gasteiger partial charge on any atom is -0.301 e. The number of hydrogen-bond acceptors (Lipinski definition) is 4. The molecule has 1 N–H and O–H groups in total. The van der Waals surface area contributed by atoms with Crippen LogP contribution in [0.4, 0.5) is 0 Å². The Balaban J connectivity index is 1.95. The molecule has 0 aromatic carbocycles. The molecular formula is C15H19BrN2S2. The zero-order valence-electron chi connectivity index (χ0n) is 12.0. The molecule has 0 amide bonds. The van der Waals surface area contributed by atoms with Gasteiger partial charge in [0.25, 0.3) is 0 Å². The molecule has 3 rings (SSSR count). The molecule has 0 saturated heterocycles. The maximum Gasteiger partial charge on any atom is 0.115 e. The Kier molecular flexibility index (Phi) is 4.32.